The number of hydrogen-bond acceptors (Lipinski definition) is 4. The van der Waals surface area contributed by atoms with Gasteiger partial charge in [0.25, 0.3) is 0 Å². The van der Waals surface area contributed by atoms with Gasteiger partial charge in [0.05, 0.1) is 24.2 Å². The lowest BCUT2D eigenvalue weighted by atomic mass is 10.2. The van der Waals surface area contributed by atoms with Crippen LogP contribution in [-0.2, 0) is 16.4 Å². The van der Waals surface area contributed by atoms with Crippen LogP contribution in [0, 0.1) is 0 Å². The van der Waals surface area contributed by atoms with E-state index in [1.165, 1.54) is 0 Å². The molecule has 2 N–H and O–H groups in total. The van der Waals surface area contributed by atoms with E-state index >= 15 is 0 Å². The maximum atomic E-state index is 12.1. The van der Waals surface area contributed by atoms with Crippen molar-refractivity contribution >= 4 is 15.8 Å². The molecule has 0 amide bonds. The number of nitrogens with one attached hydrogen (secondary N) is 2. The Balaban J connectivity index is 2.66. The van der Waals surface area contributed by atoms with Crippen molar-refractivity contribution in [3.05, 3.63) is 29.8 Å². The highest BCUT2D eigenvalue weighted by atomic mass is 32.2. The number of benzene rings is 1. The summed E-state index contributed by atoms with van der Waals surface area (Å²) in [6, 6.07) is 7.70. The Labute approximate surface area is 145 Å². The maximum absolute atomic E-state index is 12.1. The van der Waals surface area contributed by atoms with Gasteiger partial charge in [-0.25, -0.2) is 13.4 Å². The minimum absolute atomic E-state index is 0.0695. The van der Waals surface area contributed by atoms with E-state index in [0.717, 1.165) is 11.3 Å². The van der Waals surface area contributed by atoms with Crippen molar-refractivity contribution in [2.24, 2.45) is 4.99 Å². The van der Waals surface area contributed by atoms with Crippen LogP contribution in [-0.4, -0.2) is 45.1 Å². The minimum atomic E-state index is -3.15. The molecule has 0 aliphatic heterocycles. The van der Waals surface area contributed by atoms with Gasteiger partial charge in [-0.2, -0.15) is 0 Å². The zero-order chi connectivity index (χ0) is 18.2. The van der Waals surface area contributed by atoms with E-state index in [0.29, 0.717) is 25.6 Å². The van der Waals surface area contributed by atoms with Gasteiger partial charge in [0.15, 0.2) is 15.8 Å². The standard InChI is InChI=1S/C17H29N3O3S/c1-6-18-16(19-10-11-24(21,22)17(2,3)4)20-13-14-8-7-9-15(12-14)23-5/h7-9,12H,6,10-11,13H2,1-5H3,(H2,18,19,20). The molecular formula is C17H29N3O3S. The first kappa shape index (κ1) is 20.3. The summed E-state index contributed by atoms with van der Waals surface area (Å²) in [6.07, 6.45) is 0. The molecule has 7 heteroatoms. The van der Waals surface area contributed by atoms with Gasteiger partial charge in [-0.15, -0.1) is 0 Å². The smallest absolute Gasteiger partial charge is 0.191 e. The van der Waals surface area contributed by atoms with Crippen molar-refractivity contribution in [1.82, 2.24) is 10.6 Å². The van der Waals surface area contributed by atoms with Gasteiger partial charge < -0.3 is 15.4 Å². The number of nitrogens with zero attached hydrogens (tertiary/aromatic N) is 1. The van der Waals surface area contributed by atoms with Crippen LogP contribution in [0.2, 0.25) is 0 Å². The minimum Gasteiger partial charge on any atom is -0.497 e. The fraction of sp³-hybridized carbons (Fsp3) is 0.588. The Morgan fingerprint density at radius 2 is 1.96 bits per heavy atom. The maximum Gasteiger partial charge on any atom is 0.191 e. The first-order valence-electron chi connectivity index (χ1n) is 8.07. The number of aliphatic imine (C=N–C) groups is 1. The number of rotatable bonds is 7. The van der Waals surface area contributed by atoms with Crippen molar-refractivity contribution in [2.75, 3.05) is 26.0 Å². The first-order valence-corrected chi connectivity index (χ1v) is 9.72. The van der Waals surface area contributed by atoms with Crippen molar-refractivity contribution in [3.63, 3.8) is 0 Å². The molecule has 6 nitrogen and oxygen atoms in total. The summed E-state index contributed by atoms with van der Waals surface area (Å²) < 4.78 is 28.7. The molecule has 24 heavy (non-hydrogen) atoms. The third-order valence-corrected chi connectivity index (χ3v) is 6.10. The second-order valence-electron chi connectivity index (χ2n) is 6.40. The molecule has 0 saturated heterocycles. The van der Waals surface area contributed by atoms with Crippen LogP contribution in [0.4, 0.5) is 0 Å². The number of ether oxygens (including phenoxy) is 1. The Bertz CT molecular complexity index is 649. The molecule has 0 aliphatic carbocycles. The lowest BCUT2D eigenvalue weighted by Gasteiger charge is -2.19. The van der Waals surface area contributed by atoms with Crippen molar-refractivity contribution in [3.8, 4) is 5.75 Å². The third kappa shape index (κ3) is 6.39. The predicted octanol–water partition coefficient (Wildman–Crippen LogP) is 1.96. The number of sulfone groups is 1. The Morgan fingerprint density at radius 3 is 2.54 bits per heavy atom. The number of hydrogen-bond donors (Lipinski definition) is 2. The van der Waals surface area contributed by atoms with Gasteiger partial charge in [-0.3, -0.25) is 0 Å². The molecule has 0 radical (unpaired) electrons. The highest BCUT2D eigenvalue weighted by Gasteiger charge is 2.28. The molecule has 0 unspecified atom stereocenters. The fourth-order valence-electron chi connectivity index (χ4n) is 1.89. The van der Waals surface area contributed by atoms with E-state index in [2.05, 4.69) is 15.6 Å². The molecule has 0 aromatic heterocycles. The lowest BCUT2D eigenvalue weighted by molar-refractivity contribution is 0.414. The highest BCUT2D eigenvalue weighted by molar-refractivity contribution is 7.92. The molecule has 1 aromatic carbocycles. The fourth-order valence-corrected chi connectivity index (χ4v) is 2.88. The van der Waals surface area contributed by atoms with Gasteiger partial charge in [-0.05, 0) is 45.4 Å². The van der Waals surface area contributed by atoms with Crippen molar-refractivity contribution in [2.45, 2.75) is 39.0 Å². The van der Waals surface area contributed by atoms with E-state index < -0.39 is 14.6 Å². The quantitative estimate of drug-likeness (QED) is 0.577. The van der Waals surface area contributed by atoms with E-state index in [1.807, 2.05) is 31.2 Å². The van der Waals surface area contributed by atoms with Crippen LogP contribution < -0.4 is 15.4 Å². The summed E-state index contributed by atoms with van der Waals surface area (Å²) in [5.74, 6) is 1.46. The third-order valence-electron chi connectivity index (χ3n) is 3.49. The van der Waals surface area contributed by atoms with Crippen molar-refractivity contribution < 1.29 is 13.2 Å². The summed E-state index contributed by atoms with van der Waals surface area (Å²) in [6.45, 7) is 8.62. The summed E-state index contributed by atoms with van der Waals surface area (Å²) >= 11 is 0. The van der Waals surface area contributed by atoms with Crippen LogP contribution in [0.5, 0.6) is 5.75 Å². The van der Waals surface area contributed by atoms with Crippen molar-refractivity contribution in [1.29, 1.82) is 0 Å². The predicted molar refractivity (Wildman–Crippen MR) is 99.4 cm³/mol. The summed E-state index contributed by atoms with van der Waals surface area (Å²) in [7, 11) is -1.52. The monoisotopic (exact) mass is 355 g/mol. The van der Waals surface area contributed by atoms with Gasteiger partial charge in [-0.1, -0.05) is 12.1 Å². The topological polar surface area (TPSA) is 79.8 Å². The van der Waals surface area contributed by atoms with E-state index in [-0.39, 0.29) is 5.75 Å². The summed E-state index contributed by atoms with van der Waals surface area (Å²) in [5.41, 5.74) is 1.02. The largest absolute Gasteiger partial charge is 0.497 e. The van der Waals surface area contributed by atoms with Crippen LogP contribution in [0.25, 0.3) is 0 Å². The van der Waals surface area contributed by atoms with Gasteiger partial charge in [0.1, 0.15) is 5.75 Å². The summed E-state index contributed by atoms with van der Waals surface area (Å²) in [4.78, 5) is 4.48. The van der Waals surface area contributed by atoms with Crippen LogP contribution in [0.15, 0.2) is 29.3 Å². The second-order valence-corrected chi connectivity index (χ2v) is 9.27. The average molecular weight is 356 g/mol. The lowest BCUT2D eigenvalue weighted by Crippen LogP contribution is -2.41. The van der Waals surface area contributed by atoms with E-state index in [4.69, 9.17) is 4.74 Å². The molecule has 0 spiro atoms. The van der Waals surface area contributed by atoms with Gasteiger partial charge in [0, 0.05) is 13.1 Å². The number of methoxy groups -OCH3 is 1. The summed E-state index contributed by atoms with van der Waals surface area (Å²) in [5, 5.41) is 6.20. The Hall–Kier alpha value is -1.76. The zero-order valence-corrected chi connectivity index (χ0v) is 16.0. The van der Waals surface area contributed by atoms with Crippen LogP contribution >= 0.6 is 0 Å². The molecule has 136 valence electrons. The SMILES string of the molecule is CCNC(=NCc1cccc(OC)c1)NCCS(=O)(=O)C(C)(C)C. The first-order chi connectivity index (χ1) is 11.2. The molecule has 0 saturated carbocycles. The molecule has 1 aromatic rings. The average Bonchev–Trinajstić information content (AvgIpc) is 2.51. The normalized spacial score (nSPS) is 12.8. The highest BCUT2D eigenvalue weighted by Crippen LogP contribution is 2.15. The van der Waals surface area contributed by atoms with Crippen LogP contribution in [0.3, 0.4) is 0 Å². The van der Waals surface area contributed by atoms with Gasteiger partial charge >= 0.3 is 0 Å². The second kappa shape index (κ2) is 8.92. The molecule has 1 rings (SSSR count). The molecule has 0 bridgehead atoms. The van der Waals surface area contributed by atoms with Gasteiger partial charge in [0.2, 0.25) is 0 Å². The molecule has 0 atom stereocenters. The molecule has 0 heterocycles. The van der Waals surface area contributed by atoms with Crippen LogP contribution in [0.1, 0.15) is 33.3 Å². The number of guanidine groups is 1. The Kier molecular flexibility index (Phi) is 7.54. The van der Waals surface area contributed by atoms with E-state index in [1.54, 1.807) is 27.9 Å². The molecular weight excluding hydrogens is 326 g/mol. The molecule has 0 fully saturated rings. The zero-order valence-electron chi connectivity index (χ0n) is 15.2. The molecule has 0 aliphatic rings. The van der Waals surface area contributed by atoms with E-state index in [9.17, 15) is 8.42 Å². The Morgan fingerprint density at radius 1 is 1.25 bits per heavy atom.